The van der Waals surface area contributed by atoms with Crippen molar-refractivity contribution in [3.8, 4) is 0 Å². The van der Waals surface area contributed by atoms with E-state index in [0.29, 0.717) is 32.4 Å². The van der Waals surface area contributed by atoms with Crippen molar-refractivity contribution in [1.82, 2.24) is 4.90 Å². The maximum atomic E-state index is 13.3. The van der Waals surface area contributed by atoms with Gasteiger partial charge in [-0.05, 0) is 42.5 Å². The average Bonchev–Trinajstić information content (AvgIpc) is 2.41. The van der Waals surface area contributed by atoms with Gasteiger partial charge in [0.2, 0.25) is 5.91 Å². The molecule has 0 unspecified atom stereocenters. The van der Waals surface area contributed by atoms with Gasteiger partial charge in [-0.15, -0.1) is 0 Å². The third-order valence-electron chi connectivity index (χ3n) is 4.79. The van der Waals surface area contributed by atoms with Crippen LogP contribution in [0.1, 0.15) is 36.8 Å². The number of amides is 1. The fourth-order valence-corrected chi connectivity index (χ4v) is 3.21. The number of hydrogen-bond donors (Lipinski definition) is 1. The van der Waals surface area contributed by atoms with Crippen molar-refractivity contribution in [1.29, 1.82) is 0 Å². The molecule has 0 bridgehead atoms. The van der Waals surface area contributed by atoms with Crippen LogP contribution in [0.15, 0.2) is 18.2 Å². The number of fused-ring (bicyclic) bond motifs is 1. The Balaban J connectivity index is 1.71. The van der Waals surface area contributed by atoms with Crippen LogP contribution in [0, 0.1) is 11.2 Å². The van der Waals surface area contributed by atoms with Crippen molar-refractivity contribution in [2.75, 3.05) is 6.54 Å². The van der Waals surface area contributed by atoms with E-state index in [-0.39, 0.29) is 18.1 Å². The molecule has 1 amide bonds. The summed E-state index contributed by atoms with van der Waals surface area (Å²) in [4.78, 5) is 25.4. The van der Waals surface area contributed by atoms with Gasteiger partial charge in [-0.25, -0.2) is 4.39 Å². The fraction of sp³-hybridized carbons (Fsp3) is 0.500. The second-order valence-electron chi connectivity index (χ2n) is 6.09. The second kappa shape index (κ2) is 5.13. The van der Waals surface area contributed by atoms with E-state index in [1.54, 1.807) is 11.0 Å². The molecule has 21 heavy (non-hydrogen) atoms. The van der Waals surface area contributed by atoms with E-state index in [0.717, 1.165) is 17.5 Å². The van der Waals surface area contributed by atoms with Crippen LogP contribution in [0.2, 0.25) is 0 Å². The largest absolute Gasteiger partial charge is 0.481 e. The van der Waals surface area contributed by atoms with Crippen LogP contribution in [-0.4, -0.2) is 28.4 Å². The van der Waals surface area contributed by atoms with Gasteiger partial charge in [0.15, 0.2) is 0 Å². The van der Waals surface area contributed by atoms with Crippen LogP contribution in [-0.2, 0) is 22.6 Å². The summed E-state index contributed by atoms with van der Waals surface area (Å²) in [6, 6.07) is 4.66. The molecule has 1 aromatic carbocycles. The molecule has 0 spiro atoms. The van der Waals surface area contributed by atoms with Gasteiger partial charge in [-0.3, -0.25) is 9.59 Å². The summed E-state index contributed by atoms with van der Waals surface area (Å²) in [6.45, 7) is 0.953. The van der Waals surface area contributed by atoms with Crippen LogP contribution in [0.3, 0.4) is 0 Å². The normalized spacial score (nSPS) is 19.6. The summed E-state index contributed by atoms with van der Waals surface area (Å²) in [6.07, 6.45) is 2.78. The number of carbonyl (C=O) groups is 2. The third-order valence-corrected chi connectivity index (χ3v) is 4.79. The Labute approximate surface area is 122 Å². The highest BCUT2D eigenvalue weighted by Crippen LogP contribution is 2.44. The Kier molecular flexibility index (Phi) is 3.43. The highest BCUT2D eigenvalue weighted by atomic mass is 19.1. The highest BCUT2D eigenvalue weighted by Gasteiger charge is 2.46. The minimum atomic E-state index is -0.870. The van der Waals surface area contributed by atoms with Crippen LogP contribution < -0.4 is 0 Å². The molecule has 1 saturated carbocycles. The number of aliphatic carboxylic acids is 1. The van der Waals surface area contributed by atoms with E-state index in [4.69, 9.17) is 0 Å². The molecule has 1 N–H and O–H groups in total. The Hall–Kier alpha value is -1.91. The van der Waals surface area contributed by atoms with Crippen molar-refractivity contribution in [3.05, 3.63) is 35.1 Å². The van der Waals surface area contributed by atoms with Crippen molar-refractivity contribution in [2.24, 2.45) is 5.41 Å². The monoisotopic (exact) mass is 291 g/mol. The molecule has 0 saturated heterocycles. The first-order valence-electron chi connectivity index (χ1n) is 7.29. The van der Waals surface area contributed by atoms with E-state index in [1.165, 1.54) is 12.1 Å². The number of benzene rings is 1. The second-order valence-corrected chi connectivity index (χ2v) is 6.09. The van der Waals surface area contributed by atoms with Crippen molar-refractivity contribution in [3.63, 3.8) is 0 Å². The van der Waals surface area contributed by atoms with E-state index in [1.807, 2.05) is 0 Å². The molecule has 0 aromatic heterocycles. The number of rotatable bonds is 3. The minimum absolute atomic E-state index is 0.0625. The lowest BCUT2D eigenvalue weighted by Gasteiger charge is -2.39. The predicted octanol–water partition coefficient (Wildman–Crippen LogP) is 2.36. The number of hydrogen-bond acceptors (Lipinski definition) is 2. The molecule has 1 aromatic rings. The lowest BCUT2D eigenvalue weighted by atomic mass is 9.66. The van der Waals surface area contributed by atoms with E-state index in [2.05, 4.69) is 0 Å². The zero-order valence-corrected chi connectivity index (χ0v) is 11.8. The predicted molar refractivity (Wildman–Crippen MR) is 74.1 cm³/mol. The van der Waals surface area contributed by atoms with Crippen LogP contribution in [0.25, 0.3) is 0 Å². The Morgan fingerprint density at radius 3 is 2.67 bits per heavy atom. The molecule has 112 valence electrons. The zero-order chi connectivity index (χ0) is 15.0. The van der Waals surface area contributed by atoms with Crippen LogP contribution >= 0.6 is 0 Å². The summed E-state index contributed by atoms with van der Waals surface area (Å²) in [5.74, 6) is -1.30. The zero-order valence-electron chi connectivity index (χ0n) is 11.8. The maximum Gasteiger partial charge on any atom is 0.310 e. The Morgan fingerprint density at radius 2 is 2.05 bits per heavy atom. The number of carboxylic acid groups (broad SMARTS) is 1. The molecule has 5 heteroatoms. The van der Waals surface area contributed by atoms with Crippen molar-refractivity contribution in [2.45, 2.75) is 38.6 Å². The van der Waals surface area contributed by atoms with Gasteiger partial charge in [-0.2, -0.15) is 0 Å². The molecule has 1 aliphatic heterocycles. The first kappa shape index (κ1) is 14.0. The lowest BCUT2D eigenvalue weighted by molar-refractivity contribution is -0.159. The minimum Gasteiger partial charge on any atom is -0.481 e. The fourth-order valence-electron chi connectivity index (χ4n) is 3.21. The van der Waals surface area contributed by atoms with Gasteiger partial charge in [0.05, 0.1) is 5.41 Å². The average molecular weight is 291 g/mol. The number of carboxylic acids is 1. The first-order chi connectivity index (χ1) is 10.00. The summed E-state index contributed by atoms with van der Waals surface area (Å²) in [7, 11) is 0. The molecule has 2 aliphatic rings. The van der Waals surface area contributed by atoms with Gasteiger partial charge < -0.3 is 10.0 Å². The van der Waals surface area contributed by atoms with Gasteiger partial charge >= 0.3 is 5.97 Å². The number of halogens is 1. The third kappa shape index (κ3) is 2.52. The van der Waals surface area contributed by atoms with E-state index in [9.17, 15) is 19.1 Å². The molecule has 4 nitrogen and oxygen atoms in total. The summed E-state index contributed by atoms with van der Waals surface area (Å²) in [5.41, 5.74) is 1.03. The summed E-state index contributed by atoms with van der Waals surface area (Å²) in [5, 5.41) is 9.30. The summed E-state index contributed by atoms with van der Waals surface area (Å²) >= 11 is 0. The van der Waals surface area contributed by atoms with Gasteiger partial charge in [0.1, 0.15) is 5.82 Å². The van der Waals surface area contributed by atoms with Gasteiger partial charge in [0.25, 0.3) is 0 Å². The Bertz CT molecular complexity index is 595. The molecular formula is C16H18FNO3. The topological polar surface area (TPSA) is 57.6 Å². The lowest BCUT2D eigenvalue weighted by Crippen LogP contribution is -2.45. The number of carbonyl (C=O) groups excluding carboxylic acids is 1. The highest BCUT2D eigenvalue weighted by molar-refractivity contribution is 5.85. The molecule has 1 aliphatic carbocycles. The number of nitrogens with zero attached hydrogens (tertiary/aromatic N) is 1. The SMILES string of the molecule is O=C(CC1(C(=O)O)CCC1)N1CCc2ccc(F)cc2C1. The Morgan fingerprint density at radius 1 is 1.29 bits per heavy atom. The molecular weight excluding hydrogens is 273 g/mol. The van der Waals surface area contributed by atoms with Crippen LogP contribution in [0.4, 0.5) is 4.39 Å². The van der Waals surface area contributed by atoms with E-state index >= 15 is 0 Å². The standard InChI is InChI=1S/C16H18FNO3/c17-13-3-2-11-4-7-18(10-12(11)8-13)14(19)9-16(15(20)21)5-1-6-16/h2-3,8H,1,4-7,9-10H2,(H,20,21). The maximum absolute atomic E-state index is 13.3. The molecule has 1 heterocycles. The summed E-state index contributed by atoms with van der Waals surface area (Å²) < 4.78 is 13.3. The van der Waals surface area contributed by atoms with Gasteiger partial charge in [0, 0.05) is 19.5 Å². The van der Waals surface area contributed by atoms with Gasteiger partial charge in [-0.1, -0.05) is 12.5 Å². The van der Waals surface area contributed by atoms with Crippen molar-refractivity contribution >= 4 is 11.9 Å². The molecule has 1 fully saturated rings. The molecule has 3 rings (SSSR count). The van der Waals surface area contributed by atoms with Crippen molar-refractivity contribution < 1.29 is 19.1 Å². The molecule has 0 atom stereocenters. The van der Waals surface area contributed by atoms with E-state index < -0.39 is 11.4 Å². The smallest absolute Gasteiger partial charge is 0.310 e. The quantitative estimate of drug-likeness (QED) is 0.930. The van der Waals surface area contributed by atoms with Crippen LogP contribution in [0.5, 0.6) is 0 Å². The molecule has 0 radical (unpaired) electrons. The first-order valence-corrected chi connectivity index (χ1v) is 7.29.